The van der Waals surface area contributed by atoms with E-state index < -0.39 is 0 Å². The molecule has 0 atom stereocenters. The third-order valence-electron chi connectivity index (χ3n) is 2.11. The first-order valence-electron chi connectivity index (χ1n) is 4.96. The molecule has 0 saturated carbocycles. The Labute approximate surface area is 107 Å². The number of hydrogen-bond donors (Lipinski definition) is 0. The molecule has 17 heavy (non-hydrogen) atoms. The smallest absolute Gasteiger partial charge is 0.305 e. The van der Waals surface area contributed by atoms with Gasteiger partial charge in [0.15, 0.2) is 0 Å². The first kappa shape index (κ1) is 11.9. The fourth-order valence-electron chi connectivity index (χ4n) is 1.35. The molecule has 0 amide bonds. The number of hydrogen-bond acceptors (Lipinski definition) is 4. The molecule has 1 aromatic carbocycles. The lowest BCUT2D eigenvalue weighted by Crippen LogP contribution is -2.06. The third-order valence-corrected chi connectivity index (χ3v) is 2.54. The van der Waals surface area contributed by atoms with Crippen molar-refractivity contribution in [1.29, 1.82) is 0 Å². The van der Waals surface area contributed by atoms with Gasteiger partial charge in [-0.1, -0.05) is 0 Å². The average molecular weight is 296 g/mol. The second-order valence-electron chi connectivity index (χ2n) is 3.41. The molecule has 0 aliphatic rings. The van der Waals surface area contributed by atoms with Crippen molar-refractivity contribution in [1.82, 2.24) is 4.98 Å². The van der Waals surface area contributed by atoms with E-state index in [1.54, 1.807) is 12.3 Å². The number of fused-ring (bicyclic) bond motifs is 1. The van der Waals surface area contributed by atoms with Gasteiger partial charge in [-0.2, -0.15) is 0 Å². The molecule has 0 unspecified atom stereocenters. The maximum Gasteiger partial charge on any atom is 0.305 e. The quantitative estimate of drug-likeness (QED) is 0.645. The molecule has 0 bridgehead atoms. The maximum absolute atomic E-state index is 10.6. The van der Waals surface area contributed by atoms with Crippen molar-refractivity contribution in [2.24, 2.45) is 0 Å². The molecule has 0 spiro atoms. The van der Waals surface area contributed by atoms with Gasteiger partial charge in [0.05, 0.1) is 5.52 Å². The van der Waals surface area contributed by atoms with E-state index in [4.69, 9.17) is 9.47 Å². The molecular weight excluding hydrogens is 286 g/mol. The van der Waals surface area contributed by atoms with Crippen LogP contribution in [0.3, 0.4) is 0 Å². The number of esters is 1. The normalized spacial score (nSPS) is 10.2. The van der Waals surface area contributed by atoms with Gasteiger partial charge in [0, 0.05) is 23.0 Å². The Morgan fingerprint density at radius 3 is 3.00 bits per heavy atom. The summed E-state index contributed by atoms with van der Waals surface area (Å²) >= 11 is 3.36. The highest BCUT2D eigenvalue weighted by Gasteiger charge is 2.00. The molecule has 4 nitrogen and oxygen atoms in total. The molecule has 5 heteroatoms. The third kappa shape index (κ3) is 3.17. The Kier molecular flexibility index (Phi) is 3.58. The first-order valence-corrected chi connectivity index (χ1v) is 5.76. The summed E-state index contributed by atoms with van der Waals surface area (Å²) in [6.45, 7) is 1.26. The number of benzene rings is 1. The van der Waals surface area contributed by atoms with Crippen LogP contribution in [-0.4, -0.2) is 17.7 Å². The number of carbonyl (C=O) groups excluding carboxylic acids is 1. The van der Waals surface area contributed by atoms with Crippen LogP contribution in [0.15, 0.2) is 34.9 Å². The number of rotatable bonds is 3. The number of aromatic nitrogens is 1. The standard InChI is InChI=1S/C12H10BrNO3/c1-8(15)16-7-17-11-2-3-12-9(5-11)4-10(13)6-14-12/h2-6H,7H2,1H3. The molecular formula is C12H10BrNO3. The summed E-state index contributed by atoms with van der Waals surface area (Å²) in [6, 6.07) is 7.43. The largest absolute Gasteiger partial charge is 0.457 e. The van der Waals surface area contributed by atoms with E-state index in [0.717, 1.165) is 15.4 Å². The van der Waals surface area contributed by atoms with Crippen molar-refractivity contribution in [3.8, 4) is 5.75 Å². The van der Waals surface area contributed by atoms with E-state index in [9.17, 15) is 4.79 Å². The summed E-state index contributed by atoms with van der Waals surface area (Å²) < 4.78 is 10.9. The van der Waals surface area contributed by atoms with Gasteiger partial charge in [-0.3, -0.25) is 9.78 Å². The van der Waals surface area contributed by atoms with Crippen LogP contribution in [0.4, 0.5) is 0 Å². The van der Waals surface area contributed by atoms with E-state index >= 15 is 0 Å². The van der Waals surface area contributed by atoms with Gasteiger partial charge in [0.2, 0.25) is 6.79 Å². The van der Waals surface area contributed by atoms with E-state index in [0.29, 0.717) is 5.75 Å². The number of ether oxygens (including phenoxy) is 2. The first-order chi connectivity index (χ1) is 8.15. The van der Waals surface area contributed by atoms with Crippen LogP contribution in [0, 0.1) is 0 Å². The van der Waals surface area contributed by atoms with Crippen molar-refractivity contribution in [3.05, 3.63) is 34.9 Å². The van der Waals surface area contributed by atoms with Crippen LogP contribution in [0.25, 0.3) is 10.9 Å². The highest BCUT2D eigenvalue weighted by Crippen LogP contribution is 2.22. The van der Waals surface area contributed by atoms with Crippen molar-refractivity contribution < 1.29 is 14.3 Å². The molecule has 0 fully saturated rings. The van der Waals surface area contributed by atoms with Crippen molar-refractivity contribution >= 4 is 32.8 Å². The van der Waals surface area contributed by atoms with Gasteiger partial charge < -0.3 is 9.47 Å². The lowest BCUT2D eigenvalue weighted by molar-refractivity contribution is -0.147. The molecule has 2 aromatic rings. The van der Waals surface area contributed by atoms with Crippen LogP contribution < -0.4 is 4.74 Å². The summed E-state index contributed by atoms with van der Waals surface area (Å²) in [7, 11) is 0. The minimum Gasteiger partial charge on any atom is -0.457 e. The molecule has 0 aliphatic carbocycles. The number of carbonyl (C=O) groups is 1. The topological polar surface area (TPSA) is 48.4 Å². The lowest BCUT2D eigenvalue weighted by Gasteiger charge is -2.06. The molecule has 1 aromatic heterocycles. The summed E-state index contributed by atoms with van der Waals surface area (Å²) in [6.07, 6.45) is 1.74. The Morgan fingerprint density at radius 2 is 2.24 bits per heavy atom. The van der Waals surface area contributed by atoms with Crippen LogP contribution in [0.5, 0.6) is 5.75 Å². The van der Waals surface area contributed by atoms with E-state index in [2.05, 4.69) is 20.9 Å². The monoisotopic (exact) mass is 295 g/mol. The van der Waals surface area contributed by atoms with Crippen LogP contribution >= 0.6 is 15.9 Å². The zero-order valence-corrected chi connectivity index (χ0v) is 10.7. The van der Waals surface area contributed by atoms with Crippen molar-refractivity contribution in [2.45, 2.75) is 6.92 Å². The van der Waals surface area contributed by atoms with Crippen LogP contribution in [0.1, 0.15) is 6.92 Å². The van der Waals surface area contributed by atoms with Gasteiger partial charge in [-0.25, -0.2) is 0 Å². The fourth-order valence-corrected chi connectivity index (χ4v) is 1.70. The van der Waals surface area contributed by atoms with Crippen LogP contribution in [-0.2, 0) is 9.53 Å². The number of halogens is 1. The highest BCUT2D eigenvalue weighted by atomic mass is 79.9. The Bertz CT molecular complexity index is 556. The minimum absolute atomic E-state index is 0.0811. The van der Waals surface area contributed by atoms with Gasteiger partial charge >= 0.3 is 5.97 Å². The Balaban J connectivity index is 2.16. The molecule has 1 heterocycles. The predicted molar refractivity (Wildman–Crippen MR) is 66.7 cm³/mol. The zero-order chi connectivity index (χ0) is 12.3. The second-order valence-corrected chi connectivity index (χ2v) is 4.32. The predicted octanol–water partition coefficient (Wildman–Crippen LogP) is 2.90. The molecule has 0 saturated heterocycles. The average Bonchev–Trinajstić information content (AvgIpc) is 2.28. The highest BCUT2D eigenvalue weighted by molar-refractivity contribution is 9.10. The van der Waals surface area contributed by atoms with E-state index in [-0.39, 0.29) is 12.8 Å². The second kappa shape index (κ2) is 5.14. The van der Waals surface area contributed by atoms with Gasteiger partial charge in [0.25, 0.3) is 0 Å². The van der Waals surface area contributed by atoms with Gasteiger partial charge in [-0.05, 0) is 40.2 Å². The SMILES string of the molecule is CC(=O)OCOc1ccc2ncc(Br)cc2c1. The van der Waals surface area contributed by atoms with Crippen molar-refractivity contribution in [3.63, 3.8) is 0 Å². The molecule has 0 N–H and O–H groups in total. The fraction of sp³-hybridized carbons (Fsp3) is 0.167. The Hall–Kier alpha value is -1.62. The maximum atomic E-state index is 10.6. The number of pyridine rings is 1. The lowest BCUT2D eigenvalue weighted by atomic mass is 10.2. The molecule has 0 radical (unpaired) electrons. The number of nitrogens with zero attached hydrogens (tertiary/aromatic N) is 1. The summed E-state index contributed by atoms with van der Waals surface area (Å²) in [5.74, 6) is 0.272. The van der Waals surface area contributed by atoms with E-state index in [1.165, 1.54) is 6.92 Å². The van der Waals surface area contributed by atoms with Gasteiger partial charge in [0.1, 0.15) is 5.75 Å². The molecule has 88 valence electrons. The Morgan fingerprint density at radius 1 is 1.41 bits per heavy atom. The summed E-state index contributed by atoms with van der Waals surface area (Å²) in [5.41, 5.74) is 0.882. The van der Waals surface area contributed by atoms with Crippen LogP contribution in [0.2, 0.25) is 0 Å². The minimum atomic E-state index is -0.366. The molecule has 2 rings (SSSR count). The summed E-state index contributed by atoms with van der Waals surface area (Å²) in [4.78, 5) is 14.8. The zero-order valence-electron chi connectivity index (χ0n) is 9.14. The van der Waals surface area contributed by atoms with E-state index in [1.807, 2.05) is 18.2 Å². The summed E-state index contributed by atoms with van der Waals surface area (Å²) in [5, 5.41) is 0.958. The van der Waals surface area contributed by atoms with Gasteiger partial charge in [-0.15, -0.1) is 0 Å². The van der Waals surface area contributed by atoms with Crippen molar-refractivity contribution in [2.75, 3.05) is 6.79 Å². The molecule has 0 aliphatic heterocycles.